The third-order valence-corrected chi connectivity index (χ3v) is 4.05. The average Bonchev–Trinajstić information content (AvgIpc) is 2.87. The van der Waals surface area contributed by atoms with Crippen molar-refractivity contribution in [3.8, 4) is 5.75 Å². The van der Waals surface area contributed by atoms with Gasteiger partial charge in [0.2, 0.25) is 0 Å². The molecule has 0 spiro atoms. The van der Waals surface area contributed by atoms with Crippen LogP contribution in [0.5, 0.6) is 5.75 Å². The topological polar surface area (TPSA) is 58.6 Å². The molecule has 5 heteroatoms. The van der Waals surface area contributed by atoms with Gasteiger partial charge in [-0.15, -0.1) is 11.3 Å². The van der Waals surface area contributed by atoms with Crippen LogP contribution in [-0.4, -0.2) is 18.2 Å². The highest BCUT2D eigenvalue weighted by atomic mass is 32.1. The molecule has 0 unspecified atom stereocenters. The maximum Gasteiger partial charge on any atom is 0.344 e. The lowest BCUT2D eigenvalue weighted by Crippen LogP contribution is -2.03. The summed E-state index contributed by atoms with van der Waals surface area (Å²) in [6, 6.07) is 13.9. The Morgan fingerprint density at radius 3 is 2.71 bits per heavy atom. The summed E-state index contributed by atoms with van der Waals surface area (Å²) < 4.78 is 4.69. The molecule has 3 aromatic rings. The Hall–Kier alpha value is -2.53. The van der Waals surface area contributed by atoms with Crippen molar-refractivity contribution in [2.75, 3.05) is 12.4 Å². The van der Waals surface area contributed by atoms with Crippen molar-refractivity contribution in [3.63, 3.8) is 0 Å². The molecule has 0 radical (unpaired) electrons. The van der Waals surface area contributed by atoms with E-state index in [9.17, 15) is 9.90 Å². The van der Waals surface area contributed by atoms with E-state index in [1.807, 2.05) is 42.5 Å². The lowest BCUT2D eigenvalue weighted by atomic mass is 10.1. The lowest BCUT2D eigenvalue weighted by molar-refractivity contribution is 0.0599. The first kappa shape index (κ1) is 13.5. The molecular weight excluding hydrogens is 286 g/mol. The van der Waals surface area contributed by atoms with Crippen LogP contribution in [0.15, 0.2) is 47.8 Å². The Bertz CT molecular complexity index is 810. The normalized spacial score (nSPS) is 10.5. The second-order valence-corrected chi connectivity index (χ2v) is 5.38. The number of hydrogen-bond donors (Lipinski definition) is 2. The van der Waals surface area contributed by atoms with Gasteiger partial charge in [0.1, 0.15) is 16.3 Å². The molecule has 0 atom stereocenters. The minimum atomic E-state index is -0.558. The van der Waals surface area contributed by atoms with Gasteiger partial charge in [0.25, 0.3) is 0 Å². The Morgan fingerprint density at radius 2 is 1.95 bits per heavy atom. The molecule has 3 rings (SSSR count). The fraction of sp³-hybridized carbons (Fsp3) is 0.0625. The molecule has 0 aliphatic carbocycles. The summed E-state index contributed by atoms with van der Waals surface area (Å²) >= 11 is 1.26. The van der Waals surface area contributed by atoms with Crippen LogP contribution in [-0.2, 0) is 4.74 Å². The van der Waals surface area contributed by atoms with Crippen molar-refractivity contribution in [3.05, 3.63) is 53.4 Å². The van der Waals surface area contributed by atoms with E-state index in [0.29, 0.717) is 5.00 Å². The minimum Gasteiger partial charge on any atom is -0.506 e. The average molecular weight is 299 g/mol. The molecule has 1 aromatic heterocycles. The van der Waals surface area contributed by atoms with Crippen molar-refractivity contribution < 1.29 is 14.6 Å². The van der Waals surface area contributed by atoms with Crippen molar-refractivity contribution in [2.45, 2.75) is 0 Å². The zero-order valence-corrected chi connectivity index (χ0v) is 12.1. The standard InChI is InChI=1S/C16H13NO3S/c1-20-16(19)14-13(18)9-21-15(14)17-12-7-6-10-4-2-3-5-11(10)8-12/h2-9,17-18H,1H3. The Labute approximate surface area is 125 Å². The monoisotopic (exact) mass is 299 g/mol. The van der Waals surface area contributed by atoms with Gasteiger partial charge in [0.05, 0.1) is 7.11 Å². The van der Waals surface area contributed by atoms with Crippen molar-refractivity contribution in [2.24, 2.45) is 0 Å². The van der Waals surface area contributed by atoms with E-state index in [2.05, 4.69) is 5.32 Å². The zero-order chi connectivity index (χ0) is 14.8. The molecule has 1 heterocycles. The van der Waals surface area contributed by atoms with Gasteiger partial charge in [-0.3, -0.25) is 0 Å². The van der Waals surface area contributed by atoms with Gasteiger partial charge < -0.3 is 15.2 Å². The zero-order valence-electron chi connectivity index (χ0n) is 11.3. The number of benzene rings is 2. The smallest absolute Gasteiger partial charge is 0.344 e. The van der Waals surface area contributed by atoms with Crippen molar-refractivity contribution in [1.82, 2.24) is 0 Å². The maximum atomic E-state index is 11.7. The quantitative estimate of drug-likeness (QED) is 0.714. The Kier molecular flexibility index (Phi) is 3.50. The Balaban J connectivity index is 1.97. The number of methoxy groups -OCH3 is 1. The summed E-state index contributed by atoms with van der Waals surface area (Å²) in [7, 11) is 1.29. The molecule has 0 fully saturated rings. The van der Waals surface area contributed by atoms with Gasteiger partial charge in [0, 0.05) is 11.1 Å². The predicted octanol–water partition coefficient (Wildman–Crippen LogP) is 4.14. The molecule has 0 saturated carbocycles. The first-order valence-corrected chi connectivity index (χ1v) is 7.21. The molecule has 21 heavy (non-hydrogen) atoms. The fourth-order valence-electron chi connectivity index (χ4n) is 2.14. The highest BCUT2D eigenvalue weighted by Crippen LogP contribution is 2.36. The van der Waals surface area contributed by atoms with Crippen LogP contribution in [0.1, 0.15) is 10.4 Å². The number of hydrogen-bond acceptors (Lipinski definition) is 5. The summed E-state index contributed by atoms with van der Waals surface area (Å²) in [6.45, 7) is 0. The van der Waals surface area contributed by atoms with E-state index in [4.69, 9.17) is 4.74 Å². The van der Waals surface area contributed by atoms with E-state index in [-0.39, 0.29) is 11.3 Å². The van der Waals surface area contributed by atoms with E-state index in [0.717, 1.165) is 16.5 Å². The van der Waals surface area contributed by atoms with E-state index >= 15 is 0 Å². The van der Waals surface area contributed by atoms with Gasteiger partial charge >= 0.3 is 5.97 Å². The summed E-state index contributed by atoms with van der Waals surface area (Å²) in [5.74, 6) is -0.632. The maximum absolute atomic E-state index is 11.7. The highest BCUT2D eigenvalue weighted by Gasteiger charge is 2.19. The Morgan fingerprint density at radius 1 is 1.19 bits per heavy atom. The van der Waals surface area contributed by atoms with Crippen LogP contribution in [0.25, 0.3) is 10.8 Å². The van der Waals surface area contributed by atoms with Crippen LogP contribution in [0, 0.1) is 0 Å². The molecule has 0 saturated heterocycles. The van der Waals surface area contributed by atoms with Crippen molar-refractivity contribution in [1.29, 1.82) is 0 Å². The molecule has 2 N–H and O–H groups in total. The molecule has 0 amide bonds. The molecule has 106 valence electrons. The van der Waals surface area contributed by atoms with Gasteiger partial charge in [0.15, 0.2) is 0 Å². The number of esters is 1. The predicted molar refractivity (Wildman–Crippen MR) is 84.6 cm³/mol. The molecule has 0 bridgehead atoms. The summed E-state index contributed by atoms with van der Waals surface area (Å²) in [4.78, 5) is 11.7. The summed E-state index contributed by atoms with van der Waals surface area (Å²) in [5, 5.41) is 17.2. The third kappa shape index (κ3) is 2.55. The first-order valence-electron chi connectivity index (χ1n) is 6.33. The van der Waals surface area contributed by atoms with E-state index < -0.39 is 5.97 Å². The third-order valence-electron chi connectivity index (χ3n) is 3.17. The molecule has 2 aromatic carbocycles. The number of ether oxygens (including phenoxy) is 1. The lowest BCUT2D eigenvalue weighted by Gasteiger charge is -2.08. The second kappa shape index (κ2) is 5.46. The summed E-state index contributed by atoms with van der Waals surface area (Å²) in [5.41, 5.74) is 1.01. The number of carbonyl (C=O) groups excluding carboxylic acids is 1. The van der Waals surface area contributed by atoms with Crippen LogP contribution in [0.3, 0.4) is 0 Å². The number of aromatic hydroxyl groups is 1. The number of nitrogens with one attached hydrogen (secondary N) is 1. The number of anilines is 2. The largest absolute Gasteiger partial charge is 0.506 e. The number of thiophene rings is 1. The van der Waals surface area contributed by atoms with Crippen LogP contribution < -0.4 is 5.32 Å². The second-order valence-electron chi connectivity index (χ2n) is 4.50. The first-order chi connectivity index (χ1) is 10.2. The molecular formula is C16H13NO3S. The summed E-state index contributed by atoms with van der Waals surface area (Å²) in [6.07, 6.45) is 0. The highest BCUT2D eigenvalue weighted by molar-refractivity contribution is 7.15. The fourth-order valence-corrected chi connectivity index (χ4v) is 2.97. The molecule has 0 aliphatic rings. The van der Waals surface area contributed by atoms with E-state index in [1.54, 1.807) is 0 Å². The molecule has 0 aliphatic heterocycles. The van der Waals surface area contributed by atoms with Gasteiger partial charge in [-0.1, -0.05) is 30.3 Å². The number of rotatable bonds is 3. The number of fused-ring (bicyclic) bond motifs is 1. The SMILES string of the molecule is COC(=O)c1c(O)csc1Nc1ccc2ccccc2c1. The molecule has 4 nitrogen and oxygen atoms in total. The van der Waals surface area contributed by atoms with Crippen LogP contribution in [0.4, 0.5) is 10.7 Å². The van der Waals surface area contributed by atoms with Crippen LogP contribution in [0.2, 0.25) is 0 Å². The van der Waals surface area contributed by atoms with Crippen LogP contribution >= 0.6 is 11.3 Å². The van der Waals surface area contributed by atoms with E-state index in [1.165, 1.54) is 23.8 Å². The number of carbonyl (C=O) groups is 1. The van der Waals surface area contributed by atoms with Gasteiger partial charge in [-0.05, 0) is 22.9 Å². The van der Waals surface area contributed by atoms with Crippen molar-refractivity contribution >= 4 is 38.8 Å². The van der Waals surface area contributed by atoms with Gasteiger partial charge in [-0.25, -0.2) is 4.79 Å². The minimum absolute atomic E-state index is 0.0739. The van der Waals surface area contributed by atoms with Gasteiger partial charge in [-0.2, -0.15) is 0 Å².